The van der Waals surface area contributed by atoms with Crippen molar-refractivity contribution in [1.29, 1.82) is 0 Å². The lowest BCUT2D eigenvalue weighted by atomic mass is 10.2. The van der Waals surface area contributed by atoms with Gasteiger partial charge < -0.3 is 4.57 Å². The molecule has 0 fully saturated rings. The molecule has 1 nitrogen and oxygen atoms in total. The van der Waals surface area contributed by atoms with E-state index < -0.39 is 7.92 Å². The molecule has 0 aliphatic carbocycles. The summed E-state index contributed by atoms with van der Waals surface area (Å²) in [6.07, 6.45) is 0. The van der Waals surface area contributed by atoms with Crippen molar-refractivity contribution in [2.45, 2.75) is 0 Å². The van der Waals surface area contributed by atoms with E-state index in [2.05, 4.69) is 138 Å². The maximum Gasteiger partial charge on any atom is 0.0545 e. The fourth-order valence-corrected chi connectivity index (χ4v) is 7.04. The third-order valence-corrected chi connectivity index (χ3v) is 8.46. The SMILES string of the molecule is c1ccc(P(c2ccccc2)c2ccccc2-n2c3ccccc3c3ccccc32)cc1. The molecule has 0 N–H and O–H groups in total. The molecule has 0 amide bonds. The molecular weight excluding hydrogens is 405 g/mol. The largest absolute Gasteiger partial charge is 0.309 e. The van der Waals surface area contributed by atoms with Crippen molar-refractivity contribution < 1.29 is 0 Å². The van der Waals surface area contributed by atoms with Gasteiger partial charge in [-0.3, -0.25) is 0 Å². The zero-order chi connectivity index (χ0) is 21.3. The summed E-state index contributed by atoms with van der Waals surface area (Å²) in [5.74, 6) is 0. The molecule has 6 aromatic rings. The van der Waals surface area contributed by atoms with Crippen LogP contribution in [0.1, 0.15) is 0 Å². The average Bonchev–Trinajstić information content (AvgIpc) is 3.20. The number of benzene rings is 5. The number of hydrogen-bond donors (Lipinski definition) is 0. The molecule has 32 heavy (non-hydrogen) atoms. The number of hydrogen-bond acceptors (Lipinski definition) is 0. The van der Waals surface area contributed by atoms with Gasteiger partial charge in [0.05, 0.1) is 16.7 Å². The molecule has 1 aromatic heterocycles. The van der Waals surface area contributed by atoms with Crippen molar-refractivity contribution in [3.63, 3.8) is 0 Å². The van der Waals surface area contributed by atoms with E-state index in [0.29, 0.717) is 0 Å². The van der Waals surface area contributed by atoms with E-state index in [1.165, 1.54) is 43.4 Å². The fraction of sp³-hybridized carbons (Fsp3) is 0. The van der Waals surface area contributed by atoms with Gasteiger partial charge in [-0.1, -0.05) is 115 Å². The topological polar surface area (TPSA) is 4.93 Å². The van der Waals surface area contributed by atoms with Gasteiger partial charge in [0.25, 0.3) is 0 Å². The Hall–Kier alpha value is -3.67. The number of para-hydroxylation sites is 3. The molecule has 0 atom stereocenters. The van der Waals surface area contributed by atoms with E-state index >= 15 is 0 Å². The molecule has 2 heteroatoms. The quantitative estimate of drug-likeness (QED) is 0.282. The first-order chi connectivity index (χ1) is 15.9. The van der Waals surface area contributed by atoms with Gasteiger partial charge in [-0.15, -0.1) is 0 Å². The van der Waals surface area contributed by atoms with Crippen LogP contribution in [0.25, 0.3) is 27.5 Å². The van der Waals surface area contributed by atoms with Gasteiger partial charge in [-0.05, 0) is 36.7 Å². The highest BCUT2D eigenvalue weighted by molar-refractivity contribution is 7.80. The molecule has 152 valence electrons. The Bertz CT molecular complexity index is 1420. The first-order valence-corrected chi connectivity index (χ1v) is 12.2. The van der Waals surface area contributed by atoms with Crippen LogP contribution in [0.4, 0.5) is 0 Å². The van der Waals surface area contributed by atoms with E-state index in [0.717, 1.165) is 0 Å². The van der Waals surface area contributed by atoms with Crippen LogP contribution in [0, 0.1) is 0 Å². The monoisotopic (exact) mass is 427 g/mol. The van der Waals surface area contributed by atoms with Crippen molar-refractivity contribution in [3.05, 3.63) is 133 Å². The molecule has 1 heterocycles. The summed E-state index contributed by atoms with van der Waals surface area (Å²) in [5.41, 5.74) is 3.75. The third-order valence-electron chi connectivity index (χ3n) is 5.97. The Balaban J connectivity index is 1.68. The van der Waals surface area contributed by atoms with Crippen LogP contribution >= 0.6 is 7.92 Å². The number of fused-ring (bicyclic) bond motifs is 3. The molecule has 0 spiro atoms. The third kappa shape index (κ3) is 3.14. The molecule has 0 unspecified atom stereocenters. The van der Waals surface area contributed by atoms with Gasteiger partial charge in [-0.2, -0.15) is 0 Å². The van der Waals surface area contributed by atoms with Crippen molar-refractivity contribution in [1.82, 2.24) is 4.57 Å². The molecule has 0 saturated heterocycles. The minimum Gasteiger partial charge on any atom is -0.309 e. The van der Waals surface area contributed by atoms with Crippen LogP contribution in [0.5, 0.6) is 0 Å². The molecular formula is C30H22NP. The summed E-state index contributed by atoms with van der Waals surface area (Å²) in [6, 6.07) is 48.2. The van der Waals surface area contributed by atoms with Gasteiger partial charge in [-0.25, -0.2) is 0 Å². The van der Waals surface area contributed by atoms with Crippen molar-refractivity contribution >= 4 is 45.6 Å². The van der Waals surface area contributed by atoms with Crippen molar-refractivity contribution in [2.75, 3.05) is 0 Å². The highest BCUT2D eigenvalue weighted by atomic mass is 31.1. The van der Waals surface area contributed by atoms with Crippen molar-refractivity contribution in [3.8, 4) is 5.69 Å². The second-order valence-electron chi connectivity index (χ2n) is 7.86. The molecule has 0 radical (unpaired) electrons. The zero-order valence-corrected chi connectivity index (χ0v) is 18.5. The standard InChI is InChI=1S/C30H22NP/c1-3-13-23(14-4-1)32(24-15-5-2-6-16-24)30-22-12-11-21-29(30)31-27-19-9-7-17-25(27)26-18-8-10-20-28(26)31/h1-22H. The van der Waals surface area contributed by atoms with Crippen LogP contribution in [0.3, 0.4) is 0 Å². The Morgan fingerprint density at radius 3 is 1.41 bits per heavy atom. The summed E-state index contributed by atoms with van der Waals surface area (Å²) in [7, 11) is -0.703. The Labute approximate surface area is 189 Å². The van der Waals surface area contributed by atoms with Gasteiger partial charge in [0.1, 0.15) is 0 Å². The Kier molecular flexibility index (Phi) is 4.83. The second-order valence-corrected chi connectivity index (χ2v) is 10.1. The fourth-order valence-electron chi connectivity index (χ4n) is 4.61. The summed E-state index contributed by atoms with van der Waals surface area (Å²) < 4.78 is 2.45. The predicted octanol–water partition coefficient (Wildman–Crippen LogP) is 6.54. The number of nitrogens with zero attached hydrogens (tertiary/aromatic N) is 1. The van der Waals surface area contributed by atoms with E-state index in [1.54, 1.807) is 0 Å². The summed E-state index contributed by atoms with van der Waals surface area (Å²) in [4.78, 5) is 0. The van der Waals surface area contributed by atoms with E-state index in [4.69, 9.17) is 0 Å². The van der Waals surface area contributed by atoms with E-state index in [-0.39, 0.29) is 0 Å². The summed E-state index contributed by atoms with van der Waals surface area (Å²) >= 11 is 0. The van der Waals surface area contributed by atoms with Crippen LogP contribution in [-0.4, -0.2) is 4.57 Å². The van der Waals surface area contributed by atoms with E-state index in [9.17, 15) is 0 Å². The van der Waals surface area contributed by atoms with E-state index in [1.807, 2.05) is 0 Å². The smallest absolute Gasteiger partial charge is 0.0545 e. The molecule has 0 saturated carbocycles. The summed E-state index contributed by atoms with van der Waals surface area (Å²) in [6.45, 7) is 0. The minimum atomic E-state index is -0.703. The minimum absolute atomic E-state index is 0.703. The molecule has 0 bridgehead atoms. The normalized spacial score (nSPS) is 11.4. The van der Waals surface area contributed by atoms with Crippen molar-refractivity contribution in [2.24, 2.45) is 0 Å². The Morgan fingerprint density at radius 1 is 0.406 bits per heavy atom. The van der Waals surface area contributed by atoms with Crippen LogP contribution in [0.15, 0.2) is 133 Å². The maximum atomic E-state index is 2.45. The average molecular weight is 427 g/mol. The molecule has 6 rings (SSSR count). The maximum absolute atomic E-state index is 2.45. The molecule has 0 aliphatic heterocycles. The van der Waals surface area contributed by atoms with Crippen LogP contribution in [0.2, 0.25) is 0 Å². The van der Waals surface area contributed by atoms with Gasteiger partial charge in [0, 0.05) is 16.1 Å². The zero-order valence-electron chi connectivity index (χ0n) is 17.6. The first kappa shape index (κ1) is 19.0. The lowest BCUT2D eigenvalue weighted by Crippen LogP contribution is -2.23. The number of rotatable bonds is 4. The highest BCUT2D eigenvalue weighted by Gasteiger charge is 2.22. The molecule has 0 aliphatic rings. The van der Waals surface area contributed by atoms with Gasteiger partial charge >= 0.3 is 0 Å². The van der Waals surface area contributed by atoms with Gasteiger partial charge in [0.2, 0.25) is 0 Å². The second kappa shape index (κ2) is 8.11. The Morgan fingerprint density at radius 2 is 0.844 bits per heavy atom. The lowest BCUT2D eigenvalue weighted by Gasteiger charge is -2.23. The summed E-state index contributed by atoms with van der Waals surface area (Å²) in [5, 5.41) is 6.68. The molecule has 5 aromatic carbocycles. The first-order valence-electron chi connectivity index (χ1n) is 10.9. The van der Waals surface area contributed by atoms with Gasteiger partial charge in [0.15, 0.2) is 0 Å². The highest BCUT2D eigenvalue weighted by Crippen LogP contribution is 2.38. The van der Waals surface area contributed by atoms with Crippen LogP contribution in [-0.2, 0) is 0 Å². The predicted molar refractivity (Wildman–Crippen MR) is 139 cm³/mol. The van der Waals surface area contributed by atoms with Crippen LogP contribution < -0.4 is 15.9 Å². The lowest BCUT2D eigenvalue weighted by molar-refractivity contribution is 1.19. The number of aromatic nitrogens is 1.